The molecule has 0 N–H and O–H groups in total. The molecule has 0 heterocycles. The van der Waals surface area contributed by atoms with Gasteiger partial charge >= 0.3 is 5.97 Å². The minimum absolute atomic E-state index is 0.110. The smallest absolute Gasteiger partial charge is 0.333 e. The van der Waals surface area contributed by atoms with Crippen LogP contribution < -0.4 is 0 Å². The van der Waals surface area contributed by atoms with Crippen molar-refractivity contribution in [1.82, 2.24) is 0 Å². The monoisotopic (exact) mass is 384 g/mol. The minimum atomic E-state index is -0.279. The van der Waals surface area contributed by atoms with Crippen molar-refractivity contribution in [3.8, 4) is 0 Å². The number of hydrogen-bond donors (Lipinski definition) is 0. The highest BCUT2D eigenvalue weighted by Crippen LogP contribution is 2.31. The second-order valence-electron chi connectivity index (χ2n) is 7.67. The summed E-state index contributed by atoms with van der Waals surface area (Å²) >= 11 is 0. The number of carbonyl (C=O) groups is 1. The first-order valence-corrected chi connectivity index (χ1v) is 10.9. The zero-order chi connectivity index (χ0) is 20.5. The van der Waals surface area contributed by atoms with Crippen LogP contribution in [0.1, 0.15) is 91.4 Å². The third-order valence-electron chi connectivity index (χ3n) is 5.47. The molecule has 0 spiro atoms. The molecule has 4 heteroatoms. The minimum Gasteiger partial charge on any atom is -0.462 e. The zero-order valence-corrected chi connectivity index (χ0v) is 18.6. The second-order valence-corrected chi connectivity index (χ2v) is 7.67. The van der Waals surface area contributed by atoms with Crippen LogP contribution in [0.3, 0.4) is 0 Å². The summed E-state index contributed by atoms with van der Waals surface area (Å²) in [5.74, 6) is 1.06. The fourth-order valence-corrected chi connectivity index (χ4v) is 3.71. The summed E-state index contributed by atoms with van der Waals surface area (Å²) in [6, 6.07) is 0. The Hall–Kier alpha value is -0.870. The topological polar surface area (TPSA) is 44.8 Å². The Morgan fingerprint density at radius 2 is 1.48 bits per heavy atom. The van der Waals surface area contributed by atoms with Crippen molar-refractivity contribution in [2.24, 2.45) is 11.8 Å². The molecular weight excluding hydrogens is 340 g/mol. The van der Waals surface area contributed by atoms with Gasteiger partial charge in [-0.05, 0) is 44.4 Å². The molecule has 0 fully saturated rings. The molecule has 160 valence electrons. The molecule has 0 aromatic carbocycles. The van der Waals surface area contributed by atoms with Crippen LogP contribution in [0, 0.1) is 11.8 Å². The van der Waals surface area contributed by atoms with Crippen molar-refractivity contribution in [3.63, 3.8) is 0 Å². The first-order chi connectivity index (χ1) is 13.0. The van der Waals surface area contributed by atoms with Gasteiger partial charge < -0.3 is 14.2 Å². The van der Waals surface area contributed by atoms with Crippen LogP contribution in [0.2, 0.25) is 0 Å². The van der Waals surface area contributed by atoms with Crippen molar-refractivity contribution < 1.29 is 19.0 Å². The lowest BCUT2D eigenvalue weighted by Crippen LogP contribution is -2.20. The number of methoxy groups -OCH3 is 2. The predicted molar refractivity (Wildman–Crippen MR) is 113 cm³/mol. The molecule has 2 unspecified atom stereocenters. The Bertz CT molecular complexity index is 377. The second kappa shape index (κ2) is 17.2. The van der Waals surface area contributed by atoms with Crippen molar-refractivity contribution in [2.75, 3.05) is 20.8 Å². The van der Waals surface area contributed by atoms with Crippen LogP contribution in [-0.2, 0) is 19.0 Å². The molecule has 0 radical (unpaired) electrons. The third-order valence-corrected chi connectivity index (χ3v) is 5.47. The van der Waals surface area contributed by atoms with Gasteiger partial charge in [-0.15, -0.1) is 0 Å². The summed E-state index contributed by atoms with van der Waals surface area (Å²) in [5, 5.41) is 0. The molecule has 0 rings (SSSR count). The molecule has 0 bridgehead atoms. The van der Waals surface area contributed by atoms with E-state index in [0.717, 1.165) is 25.7 Å². The maximum absolute atomic E-state index is 11.5. The van der Waals surface area contributed by atoms with Gasteiger partial charge in [0.2, 0.25) is 0 Å². The van der Waals surface area contributed by atoms with Gasteiger partial charge in [0.05, 0.1) is 6.61 Å². The van der Waals surface area contributed by atoms with E-state index in [4.69, 9.17) is 14.2 Å². The lowest BCUT2D eigenvalue weighted by molar-refractivity contribution is -0.139. The highest BCUT2D eigenvalue weighted by atomic mass is 16.7. The first kappa shape index (κ1) is 26.1. The predicted octanol–water partition coefficient (Wildman–Crippen LogP) is 6.29. The van der Waals surface area contributed by atoms with E-state index >= 15 is 0 Å². The quantitative estimate of drug-likeness (QED) is 0.121. The lowest BCUT2D eigenvalue weighted by atomic mass is 9.80. The molecular formula is C23H44O4. The van der Waals surface area contributed by atoms with E-state index in [0.29, 0.717) is 24.0 Å². The molecule has 0 aromatic heterocycles. The van der Waals surface area contributed by atoms with Crippen LogP contribution in [0.5, 0.6) is 0 Å². The first-order valence-electron chi connectivity index (χ1n) is 10.9. The highest BCUT2D eigenvalue weighted by Gasteiger charge is 2.21. The number of hydrogen-bond acceptors (Lipinski definition) is 4. The van der Waals surface area contributed by atoms with Crippen LogP contribution in [0.4, 0.5) is 0 Å². The molecule has 0 amide bonds. The summed E-state index contributed by atoms with van der Waals surface area (Å²) < 4.78 is 16.0. The van der Waals surface area contributed by atoms with Crippen molar-refractivity contribution in [1.29, 1.82) is 0 Å². The fraction of sp³-hybridized carbons (Fsp3) is 0.870. The molecule has 0 aliphatic heterocycles. The van der Waals surface area contributed by atoms with Gasteiger partial charge in [0.25, 0.3) is 0 Å². The van der Waals surface area contributed by atoms with Crippen LogP contribution in [0.15, 0.2) is 12.2 Å². The summed E-state index contributed by atoms with van der Waals surface area (Å²) in [6.45, 7) is 10.3. The number of esters is 1. The number of rotatable bonds is 18. The Balaban J connectivity index is 4.50. The zero-order valence-electron chi connectivity index (χ0n) is 18.6. The van der Waals surface area contributed by atoms with E-state index in [-0.39, 0.29) is 12.3 Å². The lowest BCUT2D eigenvalue weighted by Gasteiger charge is -2.28. The Morgan fingerprint density at radius 3 is 2.04 bits per heavy atom. The van der Waals surface area contributed by atoms with Crippen LogP contribution in [-0.4, -0.2) is 33.1 Å². The Morgan fingerprint density at radius 1 is 0.852 bits per heavy atom. The molecule has 2 atom stereocenters. The molecule has 4 nitrogen and oxygen atoms in total. The fourth-order valence-electron chi connectivity index (χ4n) is 3.71. The van der Waals surface area contributed by atoms with Crippen molar-refractivity contribution >= 4 is 5.97 Å². The normalized spacial score (nSPS) is 13.6. The Kier molecular flexibility index (Phi) is 16.7. The van der Waals surface area contributed by atoms with E-state index < -0.39 is 0 Å². The summed E-state index contributed by atoms with van der Waals surface area (Å²) in [7, 11) is 3.42. The summed E-state index contributed by atoms with van der Waals surface area (Å²) in [4.78, 5) is 11.5. The van der Waals surface area contributed by atoms with E-state index in [1.165, 1.54) is 44.9 Å². The van der Waals surface area contributed by atoms with Crippen LogP contribution >= 0.6 is 0 Å². The number of carbonyl (C=O) groups excluding carboxylic acids is 1. The highest BCUT2D eigenvalue weighted by molar-refractivity contribution is 5.86. The maximum atomic E-state index is 11.5. The van der Waals surface area contributed by atoms with Gasteiger partial charge in [0.1, 0.15) is 0 Å². The van der Waals surface area contributed by atoms with Gasteiger partial charge in [-0.3, -0.25) is 0 Å². The molecule has 0 aromatic rings. The largest absolute Gasteiger partial charge is 0.462 e. The average Bonchev–Trinajstić information content (AvgIpc) is 2.67. The van der Waals surface area contributed by atoms with E-state index in [1.54, 1.807) is 21.1 Å². The SMILES string of the molecule is C=C(C)C(=O)OCCCC(CC)C(CCCCCCC)CCC(OC)OC. The van der Waals surface area contributed by atoms with Gasteiger partial charge in [-0.1, -0.05) is 65.4 Å². The average molecular weight is 385 g/mol. The summed E-state index contributed by atoms with van der Waals surface area (Å²) in [5.41, 5.74) is 0.470. The van der Waals surface area contributed by atoms with Crippen molar-refractivity contribution in [3.05, 3.63) is 12.2 Å². The van der Waals surface area contributed by atoms with Gasteiger partial charge in [-0.25, -0.2) is 4.79 Å². The van der Waals surface area contributed by atoms with Gasteiger partial charge in [-0.2, -0.15) is 0 Å². The van der Waals surface area contributed by atoms with Gasteiger partial charge in [0.15, 0.2) is 6.29 Å². The standard InChI is InChI=1S/C23H44O4/c1-7-9-10-11-12-14-21(16-17-22(25-5)26-6)20(8-2)15-13-18-27-23(24)19(3)4/h20-22H,3,7-18H2,1-2,4-6H3. The number of unbranched alkanes of at least 4 members (excludes halogenated alkanes) is 4. The number of ether oxygens (including phenoxy) is 3. The van der Waals surface area contributed by atoms with Crippen molar-refractivity contribution in [2.45, 2.75) is 97.7 Å². The Labute approximate surface area is 168 Å². The molecule has 0 aliphatic carbocycles. The molecule has 0 saturated carbocycles. The third kappa shape index (κ3) is 13.0. The van der Waals surface area contributed by atoms with Gasteiger partial charge in [0, 0.05) is 19.8 Å². The maximum Gasteiger partial charge on any atom is 0.333 e. The van der Waals surface area contributed by atoms with E-state index in [1.807, 2.05) is 0 Å². The van der Waals surface area contributed by atoms with Crippen LogP contribution in [0.25, 0.3) is 0 Å². The molecule has 0 saturated heterocycles. The molecule has 27 heavy (non-hydrogen) atoms. The molecule has 0 aliphatic rings. The van der Waals surface area contributed by atoms with E-state index in [2.05, 4.69) is 20.4 Å². The van der Waals surface area contributed by atoms with E-state index in [9.17, 15) is 4.79 Å². The summed E-state index contributed by atoms with van der Waals surface area (Å²) in [6.07, 6.45) is 13.0.